The number of halogens is 2. The Morgan fingerprint density at radius 3 is 2.44 bits per heavy atom. The molecular formula is C13H12Cl2S. The number of alkyl halides is 1. The average molecular weight is 271 g/mol. The maximum absolute atomic E-state index is 6.40. The standard InChI is InChI=1S/C13H12Cl2S/c1-9-7-16-8-12(9)13(15)6-10-2-4-11(14)5-3-10/h2-5,7-8,13H,6H2,1H3. The van der Waals surface area contributed by atoms with Gasteiger partial charge in [0.1, 0.15) is 0 Å². The van der Waals surface area contributed by atoms with Crippen molar-refractivity contribution in [2.75, 3.05) is 0 Å². The second-order valence-electron chi connectivity index (χ2n) is 3.81. The molecule has 0 saturated carbocycles. The van der Waals surface area contributed by atoms with Crippen LogP contribution < -0.4 is 0 Å². The topological polar surface area (TPSA) is 0 Å². The van der Waals surface area contributed by atoms with Crippen LogP contribution >= 0.6 is 34.5 Å². The fourth-order valence-corrected chi connectivity index (χ4v) is 3.15. The molecule has 0 saturated heterocycles. The fourth-order valence-electron chi connectivity index (χ4n) is 1.63. The highest BCUT2D eigenvalue weighted by molar-refractivity contribution is 7.08. The summed E-state index contributed by atoms with van der Waals surface area (Å²) in [5.74, 6) is 0. The van der Waals surface area contributed by atoms with E-state index in [0.29, 0.717) is 0 Å². The van der Waals surface area contributed by atoms with Gasteiger partial charge in [0.25, 0.3) is 0 Å². The lowest BCUT2D eigenvalue weighted by molar-refractivity contribution is 0.916. The molecule has 2 aromatic rings. The summed E-state index contributed by atoms with van der Waals surface area (Å²) < 4.78 is 0. The summed E-state index contributed by atoms with van der Waals surface area (Å²) in [5.41, 5.74) is 3.73. The predicted molar refractivity (Wildman–Crippen MR) is 72.8 cm³/mol. The Bertz CT molecular complexity index is 459. The monoisotopic (exact) mass is 270 g/mol. The summed E-state index contributed by atoms with van der Waals surface area (Å²) in [6.45, 7) is 2.10. The minimum absolute atomic E-state index is 0.0485. The molecule has 16 heavy (non-hydrogen) atoms. The molecule has 0 radical (unpaired) electrons. The van der Waals surface area contributed by atoms with Crippen molar-refractivity contribution in [1.82, 2.24) is 0 Å². The summed E-state index contributed by atoms with van der Waals surface area (Å²) in [4.78, 5) is 0. The lowest BCUT2D eigenvalue weighted by Gasteiger charge is -2.09. The van der Waals surface area contributed by atoms with Gasteiger partial charge in [-0.15, -0.1) is 11.6 Å². The van der Waals surface area contributed by atoms with Crippen LogP contribution in [-0.4, -0.2) is 0 Å². The SMILES string of the molecule is Cc1cscc1C(Cl)Cc1ccc(Cl)cc1. The van der Waals surface area contributed by atoms with Crippen LogP contribution in [0.3, 0.4) is 0 Å². The van der Waals surface area contributed by atoms with Crippen LogP contribution in [0.25, 0.3) is 0 Å². The van der Waals surface area contributed by atoms with Gasteiger partial charge in [0.15, 0.2) is 0 Å². The van der Waals surface area contributed by atoms with Crippen LogP contribution in [0.5, 0.6) is 0 Å². The van der Waals surface area contributed by atoms with Gasteiger partial charge < -0.3 is 0 Å². The van der Waals surface area contributed by atoms with E-state index in [2.05, 4.69) is 17.7 Å². The quantitative estimate of drug-likeness (QED) is 0.670. The highest BCUT2D eigenvalue weighted by atomic mass is 35.5. The second kappa shape index (κ2) is 5.22. The minimum Gasteiger partial charge on any atom is -0.152 e. The van der Waals surface area contributed by atoms with Crippen molar-refractivity contribution in [3.8, 4) is 0 Å². The van der Waals surface area contributed by atoms with E-state index in [1.807, 2.05) is 24.3 Å². The molecule has 0 fully saturated rings. The van der Waals surface area contributed by atoms with Crippen molar-refractivity contribution < 1.29 is 0 Å². The Morgan fingerprint density at radius 1 is 1.19 bits per heavy atom. The first-order chi connectivity index (χ1) is 7.66. The van der Waals surface area contributed by atoms with E-state index in [1.165, 1.54) is 16.7 Å². The Kier molecular flexibility index (Phi) is 3.91. The van der Waals surface area contributed by atoms with Crippen molar-refractivity contribution in [3.63, 3.8) is 0 Å². The van der Waals surface area contributed by atoms with Gasteiger partial charge in [-0.3, -0.25) is 0 Å². The average Bonchev–Trinajstić information content (AvgIpc) is 2.68. The molecule has 0 amide bonds. The molecule has 0 nitrogen and oxygen atoms in total. The minimum atomic E-state index is 0.0485. The van der Waals surface area contributed by atoms with Gasteiger partial charge in [-0.25, -0.2) is 0 Å². The van der Waals surface area contributed by atoms with Crippen molar-refractivity contribution in [3.05, 3.63) is 56.7 Å². The number of hydrogen-bond acceptors (Lipinski definition) is 1. The molecule has 0 aliphatic carbocycles. The van der Waals surface area contributed by atoms with E-state index in [-0.39, 0.29) is 5.38 Å². The first-order valence-electron chi connectivity index (χ1n) is 5.08. The normalized spacial score (nSPS) is 12.7. The summed E-state index contributed by atoms with van der Waals surface area (Å²) in [6, 6.07) is 7.86. The van der Waals surface area contributed by atoms with Gasteiger partial charge in [0.05, 0.1) is 5.38 Å². The fraction of sp³-hybridized carbons (Fsp3) is 0.231. The summed E-state index contributed by atoms with van der Waals surface area (Å²) in [5, 5.41) is 5.07. The molecule has 0 bridgehead atoms. The molecule has 1 aromatic carbocycles. The van der Waals surface area contributed by atoms with Crippen molar-refractivity contribution >= 4 is 34.5 Å². The van der Waals surface area contributed by atoms with Crippen molar-refractivity contribution in [1.29, 1.82) is 0 Å². The number of aryl methyl sites for hydroxylation is 1. The zero-order valence-electron chi connectivity index (χ0n) is 8.91. The molecule has 0 N–H and O–H groups in total. The Labute approximate surface area is 110 Å². The maximum Gasteiger partial charge on any atom is 0.0636 e. The third-order valence-corrected chi connectivity index (χ3v) is 4.08. The summed E-state index contributed by atoms with van der Waals surface area (Å²) >= 11 is 13.9. The van der Waals surface area contributed by atoms with Crippen LogP contribution in [0.1, 0.15) is 22.1 Å². The molecular weight excluding hydrogens is 259 g/mol. The van der Waals surface area contributed by atoms with Crippen LogP contribution in [0.4, 0.5) is 0 Å². The van der Waals surface area contributed by atoms with Gasteiger partial charge in [-0.05, 0) is 52.9 Å². The molecule has 1 atom stereocenters. The van der Waals surface area contributed by atoms with Gasteiger partial charge in [0.2, 0.25) is 0 Å². The second-order valence-corrected chi connectivity index (χ2v) is 5.52. The number of rotatable bonds is 3. The Morgan fingerprint density at radius 2 is 1.88 bits per heavy atom. The molecule has 1 heterocycles. The maximum atomic E-state index is 6.40. The third-order valence-electron chi connectivity index (χ3n) is 2.56. The molecule has 3 heteroatoms. The van der Waals surface area contributed by atoms with Crippen LogP contribution in [-0.2, 0) is 6.42 Å². The van der Waals surface area contributed by atoms with Crippen LogP contribution in [0.2, 0.25) is 5.02 Å². The Hall–Kier alpha value is -0.500. The molecule has 0 aliphatic heterocycles. The molecule has 84 valence electrons. The van der Waals surface area contributed by atoms with E-state index in [4.69, 9.17) is 23.2 Å². The number of benzene rings is 1. The van der Waals surface area contributed by atoms with Crippen LogP contribution in [0.15, 0.2) is 35.0 Å². The van der Waals surface area contributed by atoms with E-state index in [1.54, 1.807) is 11.3 Å². The Balaban J connectivity index is 2.10. The number of hydrogen-bond donors (Lipinski definition) is 0. The largest absolute Gasteiger partial charge is 0.152 e. The first-order valence-corrected chi connectivity index (χ1v) is 6.84. The van der Waals surface area contributed by atoms with Crippen molar-refractivity contribution in [2.45, 2.75) is 18.7 Å². The van der Waals surface area contributed by atoms with Gasteiger partial charge in [-0.2, -0.15) is 11.3 Å². The molecule has 1 aromatic heterocycles. The van der Waals surface area contributed by atoms with Gasteiger partial charge in [-0.1, -0.05) is 23.7 Å². The molecule has 2 rings (SSSR count). The molecule has 1 unspecified atom stereocenters. The molecule has 0 aliphatic rings. The molecule has 0 spiro atoms. The lowest BCUT2D eigenvalue weighted by Crippen LogP contribution is -1.95. The van der Waals surface area contributed by atoms with Crippen molar-refractivity contribution in [2.24, 2.45) is 0 Å². The van der Waals surface area contributed by atoms with E-state index in [0.717, 1.165) is 11.4 Å². The first kappa shape index (κ1) is 12.0. The van der Waals surface area contributed by atoms with Crippen LogP contribution in [0, 0.1) is 6.92 Å². The third kappa shape index (κ3) is 2.79. The van der Waals surface area contributed by atoms with Gasteiger partial charge >= 0.3 is 0 Å². The lowest BCUT2D eigenvalue weighted by atomic mass is 10.0. The zero-order chi connectivity index (χ0) is 11.5. The summed E-state index contributed by atoms with van der Waals surface area (Å²) in [7, 11) is 0. The van der Waals surface area contributed by atoms with E-state index in [9.17, 15) is 0 Å². The number of thiophene rings is 1. The van der Waals surface area contributed by atoms with E-state index < -0.39 is 0 Å². The zero-order valence-corrected chi connectivity index (χ0v) is 11.2. The smallest absolute Gasteiger partial charge is 0.0636 e. The highest BCUT2D eigenvalue weighted by Gasteiger charge is 2.12. The predicted octanol–water partition coefficient (Wildman–Crippen LogP) is 5.23. The van der Waals surface area contributed by atoms with Gasteiger partial charge in [0, 0.05) is 5.02 Å². The van der Waals surface area contributed by atoms with E-state index >= 15 is 0 Å². The summed E-state index contributed by atoms with van der Waals surface area (Å²) in [6.07, 6.45) is 0.844. The highest BCUT2D eigenvalue weighted by Crippen LogP contribution is 2.30.